The summed E-state index contributed by atoms with van der Waals surface area (Å²) in [4.78, 5) is 4.70. The highest BCUT2D eigenvalue weighted by Gasteiger charge is 2.17. The lowest BCUT2D eigenvalue weighted by Crippen LogP contribution is -2.47. The summed E-state index contributed by atoms with van der Waals surface area (Å²) in [6, 6.07) is 0.753. The summed E-state index contributed by atoms with van der Waals surface area (Å²) < 4.78 is 0. The Morgan fingerprint density at radius 2 is 1.82 bits per heavy atom. The molecular weight excluding hydrogens is 136 g/mol. The van der Waals surface area contributed by atoms with E-state index >= 15 is 0 Å². The summed E-state index contributed by atoms with van der Waals surface area (Å²) in [5.74, 6) is 0. The Labute approximate surface area is 70.2 Å². The first kappa shape index (κ1) is 9.01. The molecule has 1 aliphatic heterocycles. The van der Waals surface area contributed by atoms with Crippen molar-refractivity contribution in [3.05, 3.63) is 7.05 Å². The molecule has 0 spiro atoms. The van der Waals surface area contributed by atoms with Crippen LogP contribution < -0.4 is 0 Å². The monoisotopic (exact) mass is 155 g/mol. The van der Waals surface area contributed by atoms with Gasteiger partial charge in [0, 0.05) is 39.3 Å². The minimum absolute atomic E-state index is 0.753. The van der Waals surface area contributed by atoms with Gasteiger partial charge in [0.05, 0.1) is 0 Å². The van der Waals surface area contributed by atoms with E-state index in [0.29, 0.717) is 0 Å². The van der Waals surface area contributed by atoms with Gasteiger partial charge in [-0.3, -0.25) is 9.80 Å². The maximum Gasteiger partial charge on any atom is 0.0113 e. The third-order valence-electron chi connectivity index (χ3n) is 2.62. The molecule has 1 atom stereocenters. The van der Waals surface area contributed by atoms with Crippen LogP contribution in [-0.2, 0) is 0 Å². The maximum atomic E-state index is 3.92. The average molecular weight is 155 g/mol. The fourth-order valence-corrected chi connectivity index (χ4v) is 1.46. The second-order valence-corrected chi connectivity index (χ2v) is 3.41. The van der Waals surface area contributed by atoms with E-state index in [2.05, 4.69) is 30.7 Å². The van der Waals surface area contributed by atoms with Gasteiger partial charge in [0.15, 0.2) is 0 Å². The van der Waals surface area contributed by atoms with E-state index in [0.717, 1.165) is 19.1 Å². The molecule has 1 aliphatic rings. The van der Waals surface area contributed by atoms with Crippen LogP contribution >= 0.6 is 0 Å². The summed E-state index contributed by atoms with van der Waals surface area (Å²) in [6.45, 7) is 9.20. The Hall–Kier alpha value is -0.0800. The van der Waals surface area contributed by atoms with Crippen molar-refractivity contribution in [1.29, 1.82) is 0 Å². The Bertz CT molecular complexity index is 106. The van der Waals surface area contributed by atoms with E-state index in [1.807, 2.05) is 0 Å². The molecule has 2 heteroatoms. The molecule has 1 unspecified atom stereocenters. The number of nitrogens with zero attached hydrogens (tertiary/aromatic N) is 2. The van der Waals surface area contributed by atoms with Crippen molar-refractivity contribution < 1.29 is 0 Å². The van der Waals surface area contributed by atoms with E-state index in [9.17, 15) is 0 Å². The zero-order chi connectivity index (χ0) is 8.27. The smallest absolute Gasteiger partial charge is 0.0113 e. The molecular formula is C9H19N2. The van der Waals surface area contributed by atoms with Gasteiger partial charge >= 0.3 is 0 Å². The highest BCUT2D eigenvalue weighted by molar-refractivity contribution is 4.74. The molecule has 1 heterocycles. The van der Waals surface area contributed by atoms with Crippen LogP contribution in [-0.4, -0.2) is 42.0 Å². The molecule has 1 fully saturated rings. The van der Waals surface area contributed by atoms with Crippen molar-refractivity contribution in [3.8, 4) is 0 Å². The molecule has 2 nitrogen and oxygen atoms in total. The van der Waals surface area contributed by atoms with E-state index < -0.39 is 0 Å². The Kier molecular flexibility index (Phi) is 3.34. The van der Waals surface area contributed by atoms with Gasteiger partial charge in [0.1, 0.15) is 0 Å². The van der Waals surface area contributed by atoms with Crippen molar-refractivity contribution in [2.24, 2.45) is 0 Å². The zero-order valence-electron chi connectivity index (χ0n) is 7.71. The lowest BCUT2D eigenvalue weighted by Gasteiger charge is -2.35. The Morgan fingerprint density at radius 1 is 1.27 bits per heavy atom. The van der Waals surface area contributed by atoms with Crippen LogP contribution in [0.3, 0.4) is 0 Å². The summed E-state index contributed by atoms with van der Waals surface area (Å²) in [5.41, 5.74) is 0. The first-order valence-electron chi connectivity index (χ1n) is 4.53. The van der Waals surface area contributed by atoms with Crippen molar-refractivity contribution in [2.45, 2.75) is 26.3 Å². The van der Waals surface area contributed by atoms with Crippen molar-refractivity contribution in [1.82, 2.24) is 9.80 Å². The van der Waals surface area contributed by atoms with Gasteiger partial charge < -0.3 is 0 Å². The van der Waals surface area contributed by atoms with E-state index in [1.165, 1.54) is 19.5 Å². The summed E-state index contributed by atoms with van der Waals surface area (Å²) in [5, 5.41) is 0. The average Bonchev–Trinajstić information content (AvgIpc) is 2.05. The van der Waals surface area contributed by atoms with Crippen LogP contribution in [0.5, 0.6) is 0 Å². The highest BCUT2D eigenvalue weighted by atomic mass is 15.3. The van der Waals surface area contributed by atoms with E-state index in [-0.39, 0.29) is 0 Å². The first-order chi connectivity index (χ1) is 5.24. The van der Waals surface area contributed by atoms with Gasteiger partial charge in [0.2, 0.25) is 0 Å². The minimum atomic E-state index is 0.753. The molecule has 0 amide bonds. The third-order valence-corrected chi connectivity index (χ3v) is 2.62. The molecule has 0 aliphatic carbocycles. The summed E-state index contributed by atoms with van der Waals surface area (Å²) in [6.07, 6.45) is 1.26. The molecule has 0 saturated carbocycles. The lowest BCUT2D eigenvalue weighted by atomic mass is 10.2. The third kappa shape index (κ3) is 2.46. The fraction of sp³-hybridized carbons (Fsp3) is 0.889. The Morgan fingerprint density at radius 3 is 2.27 bits per heavy atom. The number of hydrogen-bond donors (Lipinski definition) is 0. The van der Waals surface area contributed by atoms with Crippen molar-refractivity contribution >= 4 is 0 Å². The fourth-order valence-electron chi connectivity index (χ4n) is 1.46. The molecule has 0 aromatic carbocycles. The maximum absolute atomic E-state index is 3.92. The minimum Gasteiger partial charge on any atom is -0.300 e. The second kappa shape index (κ2) is 4.07. The zero-order valence-corrected chi connectivity index (χ0v) is 7.71. The molecule has 1 rings (SSSR count). The van der Waals surface area contributed by atoms with Gasteiger partial charge in [0.25, 0.3) is 0 Å². The molecule has 0 bridgehead atoms. The summed E-state index contributed by atoms with van der Waals surface area (Å²) >= 11 is 0. The van der Waals surface area contributed by atoms with Crippen LogP contribution in [0.1, 0.15) is 20.3 Å². The van der Waals surface area contributed by atoms with Gasteiger partial charge in [-0.1, -0.05) is 6.92 Å². The largest absolute Gasteiger partial charge is 0.300 e. The first-order valence-corrected chi connectivity index (χ1v) is 4.53. The number of rotatable bonds is 2. The van der Waals surface area contributed by atoms with Gasteiger partial charge in [-0.05, 0) is 13.3 Å². The predicted octanol–water partition coefficient (Wildman–Crippen LogP) is 1.19. The topological polar surface area (TPSA) is 6.48 Å². The molecule has 1 radical (unpaired) electrons. The van der Waals surface area contributed by atoms with E-state index in [4.69, 9.17) is 0 Å². The van der Waals surface area contributed by atoms with Gasteiger partial charge in [-0.25, -0.2) is 0 Å². The molecule has 0 aromatic heterocycles. The number of hydrogen-bond acceptors (Lipinski definition) is 2. The summed E-state index contributed by atoms with van der Waals surface area (Å²) in [7, 11) is 3.92. The van der Waals surface area contributed by atoms with Crippen LogP contribution in [0.15, 0.2) is 0 Å². The lowest BCUT2D eigenvalue weighted by molar-refractivity contribution is 0.126. The predicted molar refractivity (Wildman–Crippen MR) is 48.3 cm³/mol. The SMILES string of the molecule is [CH2]N1CCN(C(C)CC)CC1. The normalized spacial score (nSPS) is 25.4. The second-order valence-electron chi connectivity index (χ2n) is 3.41. The molecule has 65 valence electrons. The van der Waals surface area contributed by atoms with Crippen LogP contribution in [0.4, 0.5) is 0 Å². The van der Waals surface area contributed by atoms with Crippen molar-refractivity contribution in [3.63, 3.8) is 0 Å². The standard InChI is InChI=1S/C9H19N2/c1-4-9(2)11-7-5-10(3)6-8-11/h9H,3-8H2,1-2H3. The van der Waals surface area contributed by atoms with Crippen molar-refractivity contribution in [2.75, 3.05) is 26.2 Å². The van der Waals surface area contributed by atoms with Crippen LogP contribution in [0.25, 0.3) is 0 Å². The molecule has 0 N–H and O–H groups in total. The van der Waals surface area contributed by atoms with Gasteiger partial charge in [-0.15, -0.1) is 0 Å². The molecule has 11 heavy (non-hydrogen) atoms. The molecule has 1 saturated heterocycles. The van der Waals surface area contributed by atoms with E-state index in [1.54, 1.807) is 0 Å². The molecule has 0 aromatic rings. The quantitative estimate of drug-likeness (QED) is 0.591. The van der Waals surface area contributed by atoms with Crippen LogP contribution in [0.2, 0.25) is 0 Å². The highest BCUT2D eigenvalue weighted by Crippen LogP contribution is 2.07. The Balaban J connectivity index is 2.27. The number of piperazine rings is 1. The van der Waals surface area contributed by atoms with Gasteiger partial charge in [-0.2, -0.15) is 0 Å². The van der Waals surface area contributed by atoms with Crippen LogP contribution in [0, 0.1) is 7.05 Å².